The highest BCUT2D eigenvalue weighted by atomic mass is 35.5. The van der Waals surface area contributed by atoms with E-state index in [4.69, 9.17) is 23.2 Å². The first-order chi connectivity index (χ1) is 11.5. The van der Waals surface area contributed by atoms with Crippen LogP contribution in [0, 0.1) is 5.92 Å². The smallest absolute Gasteiger partial charge is 0.298 e. The lowest BCUT2D eigenvalue weighted by molar-refractivity contribution is 0.509. The number of thiophene rings is 1. The summed E-state index contributed by atoms with van der Waals surface area (Å²) in [4.78, 5) is 30.2. The number of aromatic amines is 1. The van der Waals surface area contributed by atoms with Crippen molar-refractivity contribution < 1.29 is 0 Å². The number of aromatic nitrogens is 2. The second-order valence-corrected chi connectivity index (χ2v) is 8.14. The summed E-state index contributed by atoms with van der Waals surface area (Å²) in [5.74, 6) is 0.606. The Morgan fingerprint density at radius 3 is 2.79 bits per heavy atom. The molecule has 124 valence electrons. The minimum absolute atomic E-state index is 0.292. The van der Waals surface area contributed by atoms with Gasteiger partial charge in [0.1, 0.15) is 4.83 Å². The Morgan fingerprint density at radius 1 is 1.25 bits per heavy atom. The molecule has 2 heterocycles. The van der Waals surface area contributed by atoms with Crippen LogP contribution in [0.3, 0.4) is 0 Å². The van der Waals surface area contributed by atoms with Crippen LogP contribution in [0.25, 0.3) is 15.9 Å². The fourth-order valence-electron chi connectivity index (χ4n) is 3.28. The van der Waals surface area contributed by atoms with Gasteiger partial charge in [-0.25, -0.2) is 9.36 Å². The summed E-state index contributed by atoms with van der Waals surface area (Å²) in [6.45, 7) is 2.21. The predicted molar refractivity (Wildman–Crippen MR) is 99.3 cm³/mol. The van der Waals surface area contributed by atoms with Crippen molar-refractivity contribution in [1.29, 1.82) is 0 Å². The number of aryl methyl sites for hydroxylation is 1. The third kappa shape index (κ3) is 2.42. The zero-order chi connectivity index (χ0) is 17.0. The number of H-pyrrole nitrogens is 1. The molecule has 0 amide bonds. The molecule has 7 heteroatoms. The summed E-state index contributed by atoms with van der Waals surface area (Å²) in [7, 11) is 0. The fraction of sp³-hybridized carbons (Fsp3) is 0.294. The molecule has 2 aromatic heterocycles. The normalized spacial score (nSPS) is 17.2. The third-order valence-electron chi connectivity index (χ3n) is 4.51. The Balaban J connectivity index is 2.02. The van der Waals surface area contributed by atoms with Crippen molar-refractivity contribution in [1.82, 2.24) is 9.55 Å². The molecule has 0 radical (unpaired) electrons. The number of nitrogens with one attached hydrogen (secondary N) is 1. The number of fused-ring (bicyclic) bond motifs is 3. The maximum atomic E-state index is 13.0. The zero-order valence-electron chi connectivity index (χ0n) is 12.9. The summed E-state index contributed by atoms with van der Waals surface area (Å²) in [5.41, 5.74) is 0.751. The van der Waals surface area contributed by atoms with Gasteiger partial charge in [-0.2, -0.15) is 0 Å². The number of halogens is 2. The van der Waals surface area contributed by atoms with Gasteiger partial charge in [-0.05, 0) is 48.9 Å². The van der Waals surface area contributed by atoms with Gasteiger partial charge in [0.15, 0.2) is 0 Å². The van der Waals surface area contributed by atoms with Gasteiger partial charge >= 0.3 is 5.69 Å². The van der Waals surface area contributed by atoms with Crippen molar-refractivity contribution in [3.63, 3.8) is 0 Å². The van der Waals surface area contributed by atoms with Gasteiger partial charge in [0.25, 0.3) is 5.56 Å². The molecule has 3 aromatic rings. The van der Waals surface area contributed by atoms with E-state index in [0.717, 1.165) is 29.4 Å². The predicted octanol–water partition coefficient (Wildman–Crippen LogP) is 4.17. The largest absolute Gasteiger partial charge is 0.334 e. The Morgan fingerprint density at radius 2 is 2.04 bits per heavy atom. The molecule has 0 fully saturated rings. The Kier molecular flexibility index (Phi) is 3.82. The van der Waals surface area contributed by atoms with Crippen molar-refractivity contribution >= 4 is 44.8 Å². The Labute approximate surface area is 151 Å². The highest BCUT2D eigenvalue weighted by molar-refractivity contribution is 7.18. The van der Waals surface area contributed by atoms with Gasteiger partial charge in [-0.1, -0.05) is 30.1 Å². The molecule has 0 aliphatic heterocycles. The van der Waals surface area contributed by atoms with Gasteiger partial charge in [-0.15, -0.1) is 11.3 Å². The third-order valence-corrected chi connectivity index (χ3v) is 6.42. The number of hydrogen-bond acceptors (Lipinski definition) is 3. The number of nitrogens with zero attached hydrogens (tertiary/aromatic N) is 1. The first-order valence-electron chi connectivity index (χ1n) is 7.70. The van der Waals surface area contributed by atoms with Crippen molar-refractivity contribution in [3.05, 3.63) is 59.5 Å². The molecule has 1 unspecified atom stereocenters. The molecule has 0 saturated carbocycles. The molecule has 4 nitrogen and oxygen atoms in total. The average Bonchev–Trinajstić information content (AvgIpc) is 2.87. The van der Waals surface area contributed by atoms with Gasteiger partial charge in [0.2, 0.25) is 0 Å². The standard InChI is InChI=1S/C17H14Cl2N2O2S/c1-8-2-4-10-13(6-8)24-15-14(10)16(22)21(17(23)20-15)9-3-5-11(18)12(19)7-9/h3,5,7-8H,2,4,6H2,1H3,(H,20,23). The van der Waals surface area contributed by atoms with E-state index in [9.17, 15) is 9.59 Å². The second-order valence-electron chi connectivity index (χ2n) is 6.23. The lowest BCUT2D eigenvalue weighted by Gasteiger charge is -2.17. The van der Waals surface area contributed by atoms with Crippen LogP contribution in [0.15, 0.2) is 27.8 Å². The van der Waals surface area contributed by atoms with Gasteiger partial charge in [0, 0.05) is 4.88 Å². The van der Waals surface area contributed by atoms with Crippen LogP contribution < -0.4 is 11.2 Å². The molecular weight excluding hydrogens is 367 g/mol. The lowest BCUT2D eigenvalue weighted by atomic mass is 9.89. The molecule has 0 saturated heterocycles. The minimum Gasteiger partial charge on any atom is -0.298 e. The summed E-state index contributed by atoms with van der Waals surface area (Å²) in [6.07, 6.45) is 2.90. The van der Waals surface area contributed by atoms with Crippen molar-refractivity contribution in [2.75, 3.05) is 0 Å². The van der Waals surface area contributed by atoms with E-state index in [2.05, 4.69) is 11.9 Å². The lowest BCUT2D eigenvalue weighted by Crippen LogP contribution is -2.33. The van der Waals surface area contributed by atoms with E-state index < -0.39 is 5.69 Å². The quantitative estimate of drug-likeness (QED) is 0.688. The van der Waals surface area contributed by atoms with Crippen LogP contribution in [0.1, 0.15) is 23.8 Å². The van der Waals surface area contributed by atoms with Gasteiger partial charge in [-0.3, -0.25) is 9.78 Å². The van der Waals surface area contributed by atoms with E-state index in [1.807, 2.05) is 0 Å². The summed E-state index contributed by atoms with van der Waals surface area (Å²) in [5, 5.41) is 1.32. The number of hydrogen-bond donors (Lipinski definition) is 1. The molecule has 24 heavy (non-hydrogen) atoms. The molecule has 4 rings (SSSR count). The van der Waals surface area contributed by atoms with Crippen LogP contribution in [0.5, 0.6) is 0 Å². The van der Waals surface area contributed by atoms with Crippen LogP contribution in [0.4, 0.5) is 0 Å². The molecule has 1 aliphatic rings. The van der Waals surface area contributed by atoms with Crippen LogP contribution in [0.2, 0.25) is 10.0 Å². The zero-order valence-corrected chi connectivity index (χ0v) is 15.2. The first-order valence-corrected chi connectivity index (χ1v) is 9.28. The monoisotopic (exact) mass is 380 g/mol. The molecule has 1 aromatic carbocycles. The summed E-state index contributed by atoms with van der Waals surface area (Å²) < 4.78 is 1.13. The fourth-order valence-corrected chi connectivity index (χ4v) is 4.97. The van der Waals surface area contributed by atoms with Crippen LogP contribution in [-0.4, -0.2) is 9.55 Å². The van der Waals surface area contributed by atoms with E-state index in [-0.39, 0.29) is 5.56 Å². The van der Waals surface area contributed by atoms with Crippen LogP contribution in [-0.2, 0) is 12.8 Å². The maximum absolute atomic E-state index is 13.0. The molecule has 1 N–H and O–H groups in total. The van der Waals surface area contributed by atoms with E-state index in [1.54, 1.807) is 12.1 Å². The molecule has 0 spiro atoms. The molecule has 1 atom stereocenters. The summed E-state index contributed by atoms with van der Waals surface area (Å²) >= 11 is 13.5. The first kappa shape index (κ1) is 15.9. The summed E-state index contributed by atoms with van der Waals surface area (Å²) in [6, 6.07) is 4.74. The molecule has 0 bridgehead atoms. The Hall–Kier alpha value is -1.56. The highest BCUT2D eigenvalue weighted by Gasteiger charge is 2.24. The van der Waals surface area contributed by atoms with Crippen molar-refractivity contribution in [2.45, 2.75) is 26.2 Å². The van der Waals surface area contributed by atoms with E-state index in [0.29, 0.717) is 31.9 Å². The number of benzene rings is 1. The van der Waals surface area contributed by atoms with E-state index in [1.165, 1.54) is 22.3 Å². The van der Waals surface area contributed by atoms with E-state index >= 15 is 0 Å². The average molecular weight is 381 g/mol. The maximum Gasteiger partial charge on any atom is 0.334 e. The van der Waals surface area contributed by atoms with Gasteiger partial charge in [0.05, 0.1) is 21.1 Å². The SMILES string of the molecule is CC1CCc2c(sc3[nH]c(=O)n(-c4ccc(Cl)c(Cl)c4)c(=O)c23)C1. The second kappa shape index (κ2) is 5.76. The Bertz CT molecular complexity index is 1080. The molecular formula is C17H14Cl2N2O2S. The molecule has 1 aliphatic carbocycles. The topological polar surface area (TPSA) is 54.9 Å². The highest BCUT2D eigenvalue weighted by Crippen LogP contribution is 2.35. The number of rotatable bonds is 1. The van der Waals surface area contributed by atoms with Crippen LogP contribution >= 0.6 is 34.5 Å². The minimum atomic E-state index is -0.461. The van der Waals surface area contributed by atoms with Crippen molar-refractivity contribution in [2.24, 2.45) is 5.92 Å². The van der Waals surface area contributed by atoms with Gasteiger partial charge < -0.3 is 0 Å². The van der Waals surface area contributed by atoms with Crippen molar-refractivity contribution in [3.8, 4) is 5.69 Å².